The fourth-order valence-corrected chi connectivity index (χ4v) is 2.33. The largest absolute Gasteiger partial charge is 0.387 e. The van der Waals surface area contributed by atoms with Crippen LogP contribution in [-0.2, 0) is 9.53 Å². The number of aliphatic hydroxyl groups is 1. The Bertz CT molecular complexity index is 350. The summed E-state index contributed by atoms with van der Waals surface area (Å²) in [4.78, 5) is 11.7. The van der Waals surface area contributed by atoms with Gasteiger partial charge in [0.1, 0.15) is 6.10 Å². The summed E-state index contributed by atoms with van der Waals surface area (Å²) in [5, 5.41) is 19.3. The van der Waals surface area contributed by atoms with Gasteiger partial charge < -0.3 is 20.5 Å². The zero-order valence-electron chi connectivity index (χ0n) is 9.39. The monoisotopic (exact) mass is 256 g/mol. The molecule has 2 unspecified atom stereocenters. The van der Waals surface area contributed by atoms with E-state index in [0.29, 0.717) is 13.2 Å². The quantitative estimate of drug-likeness (QED) is 0.703. The fourth-order valence-electron chi connectivity index (χ4n) is 1.63. The maximum Gasteiger partial charge on any atom is 0.250 e. The van der Waals surface area contributed by atoms with Gasteiger partial charge in [0.2, 0.25) is 0 Å². The number of carbonyl (C=O) groups excluding carboxylic acids is 1. The molecule has 1 aromatic rings. The second-order valence-electron chi connectivity index (χ2n) is 3.88. The average Bonchev–Trinajstić information content (AvgIpc) is 2.90. The summed E-state index contributed by atoms with van der Waals surface area (Å²) in [5.74, 6) is -0.175. The molecule has 0 spiro atoms. The molecule has 0 radical (unpaired) electrons. The first kappa shape index (κ1) is 12.5. The van der Waals surface area contributed by atoms with Crippen LogP contribution in [0, 0.1) is 0 Å². The lowest BCUT2D eigenvalue weighted by molar-refractivity contribution is -0.134. The van der Waals surface area contributed by atoms with Crippen molar-refractivity contribution in [2.45, 2.75) is 12.2 Å². The molecule has 0 aromatic carbocycles. The lowest BCUT2D eigenvalue weighted by Gasteiger charge is -2.23. The maximum atomic E-state index is 11.7. The number of hydrogen-bond acceptors (Lipinski definition) is 5. The van der Waals surface area contributed by atoms with Crippen LogP contribution in [0.3, 0.4) is 0 Å². The first-order valence-corrected chi connectivity index (χ1v) is 6.52. The molecule has 2 rings (SSSR count). The van der Waals surface area contributed by atoms with Crippen molar-refractivity contribution in [1.82, 2.24) is 10.6 Å². The molecular weight excluding hydrogens is 240 g/mol. The van der Waals surface area contributed by atoms with Crippen LogP contribution < -0.4 is 10.6 Å². The molecule has 3 N–H and O–H groups in total. The van der Waals surface area contributed by atoms with Gasteiger partial charge in [0, 0.05) is 19.6 Å². The van der Waals surface area contributed by atoms with Gasteiger partial charge in [-0.2, -0.15) is 11.3 Å². The summed E-state index contributed by atoms with van der Waals surface area (Å²) in [6.45, 7) is 2.07. The third kappa shape index (κ3) is 3.50. The van der Waals surface area contributed by atoms with Crippen molar-refractivity contribution in [3.8, 4) is 0 Å². The number of thiophene rings is 1. The number of nitrogens with one attached hydrogen (secondary N) is 2. The van der Waals surface area contributed by atoms with E-state index in [9.17, 15) is 9.90 Å². The summed E-state index contributed by atoms with van der Waals surface area (Å²) in [5.41, 5.74) is 0.831. The predicted molar refractivity (Wildman–Crippen MR) is 64.9 cm³/mol. The summed E-state index contributed by atoms with van der Waals surface area (Å²) in [6, 6.07) is 1.85. The molecule has 5 nitrogen and oxygen atoms in total. The number of carbonyl (C=O) groups is 1. The highest BCUT2D eigenvalue weighted by atomic mass is 32.1. The molecule has 1 aliphatic rings. The summed E-state index contributed by atoms with van der Waals surface area (Å²) < 4.78 is 5.31. The summed E-state index contributed by atoms with van der Waals surface area (Å²) in [6.07, 6.45) is -1.10. The molecule has 1 saturated heterocycles. The predicted octanol–water partition coefficient (Wildman–Crippen LogP) is -0.114. The van der Waals surface area contributed by atoms with Crippen LogP contribution in [0.1, 0.15) is 11.7 Å². The lowest BCUT2D eigenvalue weighted by Crippen LogP contribution is -2.48. The van der Waals surface area contributed by atoms with Crippen molar-refractivity contribution < 1.29 is 14.6 Å². The SMILES string of the molecule is O=C(NCC(O)c1ccsc1)C1CNCCO1. The minimum atomic E-state index is -0.651. The zero-order valence-corrected chi connectivity index (χ0v) is 10.2. The van der Waals surface area contributed by atoms with Crippen LogP contribution in [0.25, 0.3) is 0 Å². The Balaban J connectivity index is 1.75. The van der Waals surface area contributed by atoms with E-state index in [-0.39, 0.29) is 12.5 Å². The second kappa shape index (κ2) is 6.11. The highest BCUT2D eigenvalue weighted by Gasteiger charge is 2.22. The molecule has 0 saturated carbocycles. The van der Waals surface area contributed by atoms with Crippen molar-refractivity contribution >= 4 is 17.2 Å². The molecule has 94 valence electrons. The second-order valence-corrected chi connectivity index (χ2v) is 4.66. The van der Waals surface area contributed by atoms with E-state index < -0.39 is 12.2 Å². The van der Waals surface area contributed by atoms with E-state index in [1.807, 2.05) is 16.8 Å². The van der Waals surface area contributed by atoms with E-state index in [1.165, 1.54) is 11.3 Å². The summed E-state index contributed by atoms with van der Waals surface area (Å²) >= 11 is 1.52. The Hall–Kier alpha value is -0.950. The molecule has 1 amide bonds. The van der Waals surface area contributed by atoms with Crippen LogP contribution in [-0.4, -0.2) is 43.4 Å². The van der Waals surface area contributed by atoms with Gasteiger partial charge in [-0.15, -0.1) is 0 Å². The normalized spacial score (nSPS) is 22.1. The van der Waals surface area contributed by atoms with E-state index in [2.05, 4.69) is 10.6 Å². The third-order valence-electron chi connectivity index (χ3n) is 2.62. The Morgan fingerprint density at radius 2 is 2.65 bits per heavy atom. The molecule has 0 aliphatic carbocycles. The van der Waals surface area contributed by atoms with E-state index in [1.54, 1.807) is 0 Å². The van der Waals surface area contributed by atoms with Gasteiger partial charge in [0.05, 0.1) is 12.7 Å². The number of morpholine rings is 1. The molecular formula is C11H16N2O3S. The summed E-state index contributed by atoms with van der Waals surface area (Å²) in [7, 11) is 0. The zero-order chi connectivity index (χ0) is 12.1. The van der Waals surface area contributed by atoms with E-state index in [0.717, 1.165) is 12.1 Å². The Labute approximate surface area is 104 Å². The van der Waals surface area contributed by atoms with Crippen molar-refractivity contribution in [3.05, 3.63) is 22.4 Å². The Morgan fingerprint density at radius 1 is 1.76 bits per heavy atom. The Kier molecular flexibility index (Phi) is 4.49. The van der Waals surface area contributed by atoms with Crippen molar-refractivity contribution in [2.75, 3.05) is 26.2 Å². The van der Waals surface area contributed by atoms with Gasteiger partial charge >= 0.3 is 0 Å². The fraction of sp³-hybridized carbons (Fsp3) is 0.545. The van der Waals surface area contributed by atoms with Crippen LogP contribution in [0.4, 0.5) is 0 Å². The maximum absolute atomic E-state index is 11.7. The highest BCUT2D eigenvalue weighted by molar-refractivity contribution is 7.07. The molecule has 6 heteroatoms. The standard InChI is InChI=1S/C11H16N2O3S/c14-9(8-1-4-17-7-8)5-13-11(15)10-6-12-2-3-16-10/h1,4,7,9-10,12,14H,2-3,5-6H2,(H,13,15). The third-order valence-corrected chi connectivity index (χ3v) is 3.32. The minimum Gasteiger partial charge on any atom is -0.387 e. The highest BCUT2D eigenvalue weighted by Crippen LogP contribution is 2.15. The van der Waals surface area contributed by atoms with Crippen LogP contribution in [0.2, 0.25) is 0 Å². The van der Waals surface area contributed by atoms with Gasteiger partial charge in [-0.05, 0) is 22.4 Å². The van der Waals surface area contributed by atoms with Gasteiger partial charge in [0.15, 0.2) is 0 Å². The van der Waals surface area contributed by atoms with Crippen LogP contribution in [0.5, 0.6) is 0 Å². The molecule has 0 bridgehead atoms. The number of amides is 1. The number of aliphatic hydroxyl groups excluding tert-OH is 1. The molecule has 1 aliphatic heterocycles. The first-order chi connectivity index (χ1) is 8.27. The topological polar surface area (TPSA) is 70.6 Å². The van der Waals surface area contributed by atoms with Crippen molar-refractivity contribution in [3.63, 3.8) is 0 Å². The Morgan fingerprint density at radius 3 is 3.29 bits per heavy atom. The van der Waals surface area contributed by atoms with E-state index in [4.69, 9.17) is 4.74 Å². The minimum absolute atomic E-state index is 0.175. The first-order valence-electron chi connectivity index (χ1n) is 5.57. The van der Waals surface area contributed by atoms with Gasteiger partial charge in [-0.3, -0.25) is 4.79 Å². The van der Waals surface area contributed by atoms with Crippen LogP contribution in [0.15, 0.2) is 16.8 Å². The van der Waals surface area contributed by atoms with Crippen molar-refractivity contribution in [2.24, 2.45) is 0 Å². The average molecular weight is 256 g/mol. The molecule has 1 fully saturated rings. The van der Waals surface area contributed by atoms with Crippen LogP contribution >= 0.6 is 11.3 Å². The van der Waals surface area contributed by atoms with Gasteiger partial charge in [0.25, 0.3) is 5.91 Å². The van der Waals surface area contributed by atoms with Gasteiger partial charge in [-0.1, -0.05) is 0 Å². The number of ether oxygens (including phenoxy) is 1. The van der Waals surface area contributed by atoms with Crippen molar-refractivity contribution in [1.29, 1.82) is 0 Å². The lowest BCUT2D eigenvalue weighted by atomic mass is 10.2. The van der Waals surface area contributed by atoms with Gasteiger partial charge in [-0.25, -0.2) is 0 Å². The molecule has 2 atom stereocenters. The van der Waals surface area contributed by atoms with E-state index >= 15 is 0 Å². The smallest absolute Gasteiger partial charge is 0.250 e. The number of rotatable bonds is 4. The molecule has 2 heterocycles. The number of hydrogen-bond donors (Lipinski definition) is 3. The molecule has 17 heavy (non-hydrogen) atoms. The molecule has 1 aromatic heterocycles.